The van der Waals surface area contributed by atoms with Gasteiger partial charge in [-0.1, -0.05) is 35.4 Å². The first kappa shape index (κ1) is 15.3. The Labute approximate surface area is 127 Å². The van der Waals surface area contributed by atoms with E-state index in [0.717, 1.165) is 40.0 Å². The first-order valence-electron chi connectivity index (χ1n) is 7.25. The Hall–Kier alpha value is -2.09. The van der Waals surface area contributed by atoms with E-state index in [1.807, 2.05) is 0 Å². The van der Waals surface area contributed by atoms with Crippen LogP contribution in [-0.4, -0.2) is 6.41 Å². The summed E-state index contributed by atoms with van der Waals surface area (Å²) < 4.78 is 0. The molecule has 2 rings (SSSR count). The summed E-state index contributed by atoms with van der Waals surface area (Å²) >= 11 is 0. The monoisotopic (exact) mass is 281 g/mol. The molecule has 0 aromatic heterocycles. The minimum Gasteiger partial charge on any atom is -0.283 e. The van der Waals surface area contributed by atoms with E-state index in [9.17, 15) is 4.79 Å². The van der Waals surface area contributed by atoms with Crippen LogP contribution in [0.1, 0.15) is 33.4 Å². The maximum atomic E-state index is 11.8. The maximum absolute atomic E-state index is 11.8. The van der Waals surface area contributed by atoms with Gasteiger partial charge in [-0.25, -0.2) is 0 Å². The number of hydrogen-bond donors (Lipinski definition) is 0. The molecule has 0 radical (unpaired) electrons. The SMILES string of the molecule is Cc1cc(C)c(N(C=O)c2c(C)cc(C)cc2C)c(C)c1. The van der Waals surface area contributed by atoms with Crippen molar-refractivity contribution in [3.05, 3.63) is 57.6 Å². The zero-order chi connectivity index (χ0) is 15.7. The summed E-state index contributed by atoms with van der Waals surface area (Å²) in [4.78, 5) is 13.6. The van der Waals surface area contributed by atoms with Crippen molar-refractivity contribution < 1.29 is 4.79 Å². The second kappa shape index (κ2) is 5.72. The summed E-state index contributed by atoms with van der Waals surface area (Å²) in [5.74, 6) is 0. The van der Waals surface area contributed by atoms with E-state index in [-0.39, 0.29) is 0 Å². The second-order valence-corrected chi connectivity index (χ2v) is 5.97. The van der Waals surface area contributed by atoms with Crippen LogP contribution in [0.15, 0.2) is 24.3 Å². The lowest BCUT2D eigenvalue weighted by atomic mass is 10.0. The molecule has 0 heterocycles. The molecule has 0 bridgehead atoms. The van der Waals surface area contributed by atoms with Gasteiger partial charge in [-0.05, 0) is 63.8 Å². The van der Waals surface area contributed by atoms with Gasteiger partial charge in [0.2, 0.25) is 6.41 Å². The third-order valence-corrected chi connectivity index (χ3v) is 3.86. The van der Waals surface area contributed by atoms with Crippen molar-refractivity contribution >= 4 is 17.8 Å². The van der Waals surface area contributed by atoms with E-state index in [1.165, 1.54) is 11.1 Å². The molecule has 2 aromatic rings. The third-order valence-electron chi connectivity index (χ3n) is 3.86. The van der Waals surface area contributed by atoms with Crippen LogP contribution in [0.5, 0.6) is 0 Å². The fourth-order valence-electron chi connectivity index (χ4n) is 3.32. The highest BCUT2D eigenvalue weighted by atomic mass is 16.1. The molecule has 0 aliphatic carbocycles. The van der Waals surface area contributed by atoms with E-state index in [0.29, 0.717) is 0 Å². The Kier molecular flexibility index (Phi) is 4.17. The van der Waals surface area contributed by atoms with E-state index in [1.54, 1.807) is 4.90 Å². The van der Waals surface area contributed by atoms with Crippen molar-refractivity contribution in [3.63, 3.8) is 0 Å². The summed E-state index contributed by atoms with van der Waals surface area (Å²) in [5, 5.41) is 0. The highest BCUT2D eigenvalue weighted by Crippen LogP contribution is 2.35. The first-order valence-corrected chi connectivity index (χ1v) is 7.25. The number of carbonyl (C=O) groups is 1. The molecule has 1 amide bonds. The van der Waals surface area contributed by atoms with Crippen molar-refractivity contribution in [1.29, 1.82) is 0 Å². The number of hydrogen-bond acceptors (Lipinski definition) is 1. The Bertz CT molecular complexity index is 597. The predicted octanol–water partition coefficient (Wildman–Crippen LogP) is 4.83. The van der Waals surface area contributed by atoms with Gasteiger partial charge in [-0.3, -0.25) is 9.69 Å². The van der Waals surface area contributed by atoms with Gasteiger partial charge in [0, 0.05) is 0 Å². The zero-order valence-corrected chi connectivity index (χ0v) is 13.7. The summed E-state index contributed by atoms with van der Waals surface area (Å²) in [5.41, 5.74) is 8.92. The molecular weight excluding hydrogens is 258 g/mol. The van der Waals surface area contributed by atoms with Gasteiger partial charge in [0.25, 0.3) is 0 Å². The normalized spacial score (nSPS) is 10.6. The molecule has 0 saturated heterocycles. The number of amides is 1. The number of aryl methyl sites for hydroxylation is 6. The Morgan fingerprint density at radius 3 is 1.19 bits per heavy atom. The van der Waals surface area contributed by atoms with Crippen molar-refractivity contribution in [2.24, 2.45) is 0 Å². The molecular formula is C19H23NO. The highest BCUT2D eigenvalue weighted by molar-refractivity contribution is 5.91. The Morgan fingerprint density at radius 2 is 0.952 bits per heavy atom. The first-order chi connectivity index (χ1) is 9.85. The van der Waals surface area contributed by atoms with Crippen LogP contribution in [0.25, 0.3) is 0 Å². The van der Waals surface area contributed by atoms with Gasteiger partial charge in [0.05, 0.1) is 11.4 Å². The van der Waals surface area contributed by atoms with Gasteiger partial charge in [0.1, 0.15) is 0 Å². The van der Waals surface area contributed by atoms with Crippen LogP contribution >= 0.6 is 0 Å². The van der Waals surface area contributed by atoms with Crippen molar-refractivity contribution in [2.75, 3.05) is 4.90 Å². The molecule has 0 unspecified atom stereocenters. The summed E-state index contributed by atoms with van der Waals surface area (Å²) in [7, 11) is 0. The number of anilines is 2. The fraction of sp³-hybridized carbons (Fsp3) is 0.316. The molecule has 0 saturated carbocycles. The zero-order valence-electron chi connectivity index (χ0n) is 13.7. The van der Waals surface area contributed by atoms with E-state index < -0.39 is 0 Å². The minimum absolute atomic E-state index is 0.926. The lowest BCUT2D eigenvalue weighted by molar-refractivity contribution is -0.106. The molecule has 2 aromatic carbocycles. The molecule has 0 aliphatic rings. The number of carbonyl (C=O) groups excluding carboxylic acids is 1. The molecule has 0 fully saturated rings. The van der Waals surface area contributed by atoms with Crippen LogP contribution in [0.4, 0.5) is 11.4 Å². The topological polar surface area (TPSA) is 20.3 Å². The van der Waals surface area contributed by atoms with Gasteiger partial charge in [-0.15, -0.1) is 0 Å². The minimum atomic E-state index is 0.926. The molecule has 110 valence electrons. The predicted molar refractivity (Wildman–Crippen MR) is 89.5 cm³/mol. The lowest BCUT2D eigenvalue weighted by Crippen LogP contribution is -2.19. The summed E-state index contributed by atoms with van der Waals surface area (Å²) in [6.07, 6.45) is 0.926. The molecule has 2 nitrogen and oxygen atoms in total. The standard InChI is InChI=1S/C19H23NO/c1-12-7-14(3)18(15(4)8-12)20(11-21)19-16(5)9-13(2)10-17(19)6/h7-11H,1-6H3. The van der Waals surface area contributed by atoms with Gasteiger partial charge >= 0.3 is 0 Å². The van der Waals surface area contributed by atoms with Crippen molar-refractivity contribution in [1.82, 2.24) is 0 Å². The smallest absolute Gasteiger partial charge is 0.218 e. The Balaban J connectivity index is 2.69. The van der Waals surface area contributed by atoms with Gasteiger partial charge < -0.3 is 0 Å². The summed E-state index contributed by atoms with van der Waals surface area (Å²) in [6.45, 7) is 12.4. The third kappa shape index (κ3) is 2.85. The molecule has 0 N–H and O–H groups in total. The van der Waals surface area contributed by atoms with Crippen LogP contribution < -0.4 is 4.90 Å². The molecule has 21 heavy (non-hydrogen) atoms. The molecule has 2 heteroatoms. The fourth-order valence-corrected chi connectivity index (χ4v) is 3.32. The maximum Gasteiger partial charge on any atom is 0.218 e. The van der Waals surface area contributed by atoms with Crippen molar-refractivity contribution in [3.8, 4) is 0 Å². The number of rotatable bonds is 3. The van der Waals surface area contributed by atoms with Gasteiger partial charge in [0.15, 0.2) is 0 Å². The molecule has 0 spiro atoms. The number of nitrogens with zero attached hydrogens (tertiary/aromatic N) is 1. The van der Waals surface area contributed by atoms with E-state index in [4.69, 9.17) is 0 Å². The Morgan fingerprint density at radius 1 is 0.667 bits per heavy atom. The molecule has 0 atom stereocenters. The van der Waals surface area contributed by atoms with Crippen LogP contribution in [0.3, 0.4) is 0 Å². The van der Waals surface area contributed by atoms with Crippen LogP contribution in [0.2, 0.25) is 0 Å². The van der Waals surface area contributed by atoms with E-state index >= 15 is 0 Å². The lowest BCUT2D eigenvalue weighted by Gasteiger charge is -2.26. The van der Waals surface area contributed by atoms with E-state index in [2.05, 4.69) is 65.8 Å². The second-order valence-electron chi connectivity index (χ2n) is 5.97. The van der Waals surface area contributed by atoms with Gasteiger partial charge in [-0.2, -0.15) is 0 Å². The largest absolute Gasteiger partial charge is 0.283 e. The highest BCUT2D eigenvalue weighted by Gasteiger charge is 2.18. The quantitative estimate of drug-likeness (QED) is 0.738. The van der Waals surface area contributed by atoms with Crippen LogP contribution in [-0.2, 0) is 4.79 Å². The average molecular weight is 281 g/mol. The van der Waals surface area contributed by atoms with Crippen LogP contribution in [0, 0.1) is 41.5 Å². The summed E-state index contributed by atoms with van der Waals surface area (Å²) in [6, 6.07) is 8.49. The molecule has 0 aliphatic heterocycles. The van der Waals surface area contributed by atoms with Crippen molar-refractivity contribution in [2.45, 2.75) is 41.5 Å². The number of benzene rings is 2. The average Bonchev–Trinajstić information content (AvgIpc) is 2.34.